The number of carbonyl (C=O) groups excluding carboxylic acids is 1. The molecular weight excluding hydrogens is 309 g/mol. The maximum absolute atomic E-state index is 12.4. The molecule has 6 heteroatoms. The van der Waals surface area contributed by atoms with Crippen LogP contribution in [0, 0.1) is 5.41 Å². The minimum Gasteiger partial charge on any atom is -0.342 e. The van der Waals surface area contributed by atoms with Gasteiger partial charge in [0, 0.05) is 25.7 Å². The molecule has 0 saturated carbocycles. The fraction of sp³-hybridized carbons (Fsp3) is 0.933. The van der Waals surface area contributed by atoms with Crippen LogP contribution < -0.4 is 5.73 Å². The van der Waals surface area contributed by atoms with Crippen LogP contribution in [0.2, 0.25) is 0 Å². The first-order chi connectivity index (χ1) is 9.04. The molecule has 2 aliphatic heterocycles. The van der Waals surface area contributed by atoms with Crippen LogP contribution in [0.25, 0.3) is 0 Å². The van der Waals surface area contributed by atoms with Crippen LogP contribution in [0.4, 0.5) is 0 Å². The molecule has 0 radical (unpaired) electrons. The molecule has 2 heterocycles. The minimum absolute atomic E-state index is 0. The second-order valence-electron chi connectivity index (χ2n) is 6.71. The van der Waals surface area contributed by atoms with E-state index in [0.29, 0.717) is 12.6 Å². The van der Waals surface area contributed by atoms with Gasteiger partial charge < -0.3 is 15.5 Å². The Morgan fingerprint density at radius 2 is 1.57 bits per heavy atom. The van der Waals surface area contributed by atoms with Gasteiger partial charge >= 0.3 is 0 Å². The SMILES string of the molecule is CC(C)(CN)C(=O)N1CCC(N2CCCCC2)CC1.Cl.Cl. The number of piperidine rings is 2. The van der Waals surface area contributed by atoms with Gasteiger partial charge in [-0.25, -0.2) is 0 Å². The number of likely N-dealkylation sites (tertiary alicyclic amines) is 2. The van der Waals surface area contributed by atoms with Gasteiger partial charge in [0.05, 0.1) is 5.41 Å². The van der Waals surface area contributed by atoms with Crippen LogP contribution >= 0.6 is 24.8 Å². The van der Waals surface area contributed by atoms with Gasteiger partial charge in [-0.2, -0.15) is 0 Å². The van der Waals surface area contributed by atoms with Gasteiger partial charge in [0.25, 0.3) is 0 Å². The summed E-state index contributed by atoms with van der Waals surface area (Å²) in [5, 5.41) is 0. The van der Waals surface area contributed by atoms with Gasteiger partial charge in [-0.05, 0) is 52.6 Å². The topological polar surface area (TPSA) is 49.6 Å². The van der Waals surface area contributed by atoms with Gasteiger partial charge in [-0.15, -0.1) is 24.8 Å². The van der Waals surface area contributed by atoms with Gasteiger partial charge in [-0.3, -0.25) is 4.79 Å². The summed E-state index contributed by atoms with van der Waals surface area (Å²) in [7, 11) is 0. The van der Waals surface area contributed by atoms with Crippen LogP contribution in [0.1, 0.15) is 46.0 Å². The van der Waals surface area contributed by atoms with Crippen molar-refractivity contribution in [3.8, 4) is 0 Å². The minimum atomic E-state index is -0.405. The third-order valence-electron chi connectivity index (χ3n) is 4.75. The van der Waals surface area contributed by atoms with Gasteiger partial charge in [0.1, 0.15) is 0 Å². The maximum atomic E-state index is 12.4. The Bertz CT molecular complexity index is 312. The standard InChI is InChI=1S/C15H29N3O.2ClH/c1-15(2,12-16)14(19)18-10-6-13(7-11-18)17-8-4-3-5-9-17;;/h13H,3-12,16H2,1-2H3;2*1H. The largest absolute Gasteiger partial charge is 0.342 e. The molecule has 2 N–H and O–H groups in total. The van der Waals surface area contributed by atoms with Crippen molar-refractivity contribution in [2.45, 2.75) is 52.0 Å². The number of rotatable bonds is 3. The highest BCUT2D eigenvalue weighted by atomic mass is 35.5. The summed E-state index contributed by atoms with van der Waals surface area (Å²) in [6.45, 7) is 8.66. The monoisotopic (exact) mass is 339 g/mol. The van der Waals surface area contributed by atoms with E-state index in [0.717, 1.165) is 25.9 Å². The second kappa shape index (κ2) is 9.19. The van der Waals surface area contributed by atoms with Crippen molar-refractivity contribution in [2.24, 2.45) is 11.1 Å². The molecule has 0 aromatic rings. The Kier molecular flexibility index (Phi) is 9.17. The van der Waals surface area contributed by atoms with Crippen LogP contribution in [0.3, 0.4) is 0 Å². The lowest BCUT2D eigenvalue weighted by Crippen LogP contribution is -2.52. The van der Waals surface area contributed by atoms with E-state index in [2.05, 4.69) is 4.90 Å². The average Bonchev–Trinajstić information content (AvgIpc) is 2.47. The maximum Gasteiger partial charge on any atom is 0.229 e. The van der Waals surface area contributed by atoms with E-state index in [1.165, 1.54) is 32.4 Å². The van der Waals surface area contributed by atoms with E-state index in [-0.39, 0.29) is 30.7 Å². The first kappa shape index (κ1) is 21.0. The Morgan fingerprint density at radius 1 is 1.05 bits per heavy atom. The van der Waals surface area contributed by atoms with Crippen molar-refractivity contribution in [2.75, 3.05) is 32.7 Å². The van der Waals surface area contributed by atoms with Crippen molar-refractivity contribution in [3.05, 3.63) is 0 Å². The summed E-state index contributed by atoms with van der Waals surface area (Å²) in [5.41, 5.74) is 5.30. The fourth-order valence-corrected chi connectivity index (χ4v) is 3.23. The van der Waals surface area contributed by atoms with Gasteiger partial charge in [0.15, 0.2) is 0 Å². The molecule has 1 amide bonds. The van der Waals surface area contributed by atoms with Crippen LogP contribution in [0.15, 0.2) is 0 Å². The molecule has 2 rings (SSSR count). The zero-order valence-electron chi connectivity index (χ0n) is 13.3. The highest BCUT2D eigenvalue weighted by molar-refractivity contribution is 5.85. The number of nitrogens with two attached hydrogens (primary N) is 1. The number of carbonyl (C=O) groups is 1. The van der Waals surface area contributed by atoms with E-state index < -0.39 is 5.41 Å². The lowest BCUT2D eigenvalue weighted by molar-refractivity contribution is -0.141. The predicted molar refractivity (Wildman–Crippen MR) is 92.4 cm³/mol. The summed E-state index contributed by atoms with van der Waals surface area (Å²) in [6, 6.07) is 0.699. The molecule has 0 spiro atoms. The zero-order valence-corrected chi connectivity index (χ0v) is 15.0. The average molecular weight is 340 g/mol. The molecular formula is C15H31Cl2N3O. The van der Waals surface area contributed by atoms with Crippen LogP contribution in [-0.2, 0) is 4.79 Å². The van der Waals surface area contributed by atoms with E-state index in [4.69, 9.17) is 5.73 Å². The Labute approximate surface area is 141 Å². The molecule has 0 aliphatic carbocycles. The molecule has 0 aromatic heterocycles. The normalized spacial score (nSPS) is 21.4. The quantitative estimate of drug-likeness (QED) is 0.858. The molecule has 2 fully saturated rings. The van der Waals surface area contributed by atoms with Crippen LogP contribution in [-0.4, -0.2) is 54.5 Å². The molecule has 2 aliphatic rings. The molecule has 4 nitrogen and oxygen atoms in total. The summed E-state index contributed by atoms with van der Waals surface area (Å²) in [4.78, 5) is 17.0. The third kappa shape index (κ3) is 5.27. The summed E-state index contributed by atoms with van der Waals surface area (Å²) >= 11 is 0. The highest BCUT2D eigenvalue weighted by Crippen LogP contribution is 2.24. The Morgan fingerprint density at radius 3 is 2.05 bits per heavy atom. The molecule has 0 unspecified atom stereocenters. The van der Waals surface area contributed by atoms with Crippen molar-refractivity contribution in [1.82, 2.24) is 9.80 Å². The fourth-order valence-electron chi connectivity index (χ4n) is 3.23. The lowest BCUT2D eigenvalue weighted by Gasteiger charge is -2.41. The number of halogens is 2. The van der Waals surface area contributed by atoms with E-state index >= 15 is 0 Å². The first-order valence-corrected chi connectivity index (χ1v) is 7.78. The molecule has 0 atom stereocenters. The highest BCUT2D eigenvalue weighted by Gasteiger charge is 2.34. The first-order valence-electron chi connectivity index (χ1n) is 7.78. The van der Waals surface area contributed by atoms with Crippen molar-refractivity contribution < 1.29 is 4.79 Å². The number of amides is 1. The Balaban J connectivity index is 0.00000200. The van der Waals surface area contributed by atoms with Crippen molar-refractivity contribution in [1.29, 1.82) is 0 Å². The van der Waals surface area contributed by atoms with Crippen molar-refractivity contribution >= 4 is 30.7 Å². The van der Waals surface area contributed by atoms with Gasteiger partial charge in [-0.1, -0.05) is 6.42 Å². The van der Waals surface area contributed by atoms with Crippen molar-refractivity contribution in [3.63, 3.8) is 0 Å². The van der Waals surface area contributed by atoms with E-state index in [9.17, 15) is 4.79 Å². The van der Waals surface area contributed by atoms with Crippen LogP contribution in [0.5, 0.6) is 0 Å². The molecule has 2 saturated heterocycles. The third-order valence-corrected chi connectivity index (χ3v) is 4.75. The molecule has 126 valence electrons. The summed E-state index contributed by atoms with van der Waals surface area (Å²) in [6.07, 6.45) is 6.34. The van der Waals surface area contributed by atoms with E-state index in [1.54, 1.807) is 0 Å². The van der Waals surface area contributed by atoms with Gasteiger partial charge in [0.2, 0.25) is 5.91 Å². The molecule has 0 bridgehead atoms. The Hall–Kier alpha value is -0.0300. The molecule has 21 heavy (non-hydrogen) atoms. The number of nitrogens with zero attached hydrogens (tertiary/aromatic N) is 2. The summed E-state index contributed by atoms with van der Waals surface area (Å²) in [5.74, 6) is 0.229. The number of hydrogen-bond acceptors (Lipinski definition) is 3. The molecule has 0 aromatic carbocycles. The zero-order chi connectivity index (χ0) is 13.9. The number of hydrogen-bond donors (Lipinski definition) is 1. The predicted octanol–water partition coefficient (Wildman–Crippen LogP) is 2.29. The van der Waals surface area contributed by atoms with E-state index in [1.807, 2.05) is 18.7 Å². The lowest BCUT2D eigenvalue weighted by atomic mass is 9.90. The summed E-state index contributed by atoms with van der Waals surface area (Å²) < 4.78 is 0. The second-order valence-corrected chi connectivity index (χ2v) is 6.71. The smallest absolute Gasteiger partial charge is 0.229 e.